The molecule has 4 nitrogen and oxygen atoms in total. The van der Waals surface area contributed by atoms with Crippen molar-refractivity contribution in [2.24, 2.45) is 0 Å². The molecule has 0 bridgehead atoms. The van der Waals surface area contributed by atoms with Crippen LogP contribution in [0.25, 0.3) is 10.9 Å². The van der Waals surface area contributed by atoms with Crippen LogP contribution >= 0.6 is 0 Å². The standard InChI is InChI=1S/C15H17NO3/c1-9-4-3-5-11-13(9)10-6-7-19-15(2,8-12(17)18)14(10)16-11/h3-5,16H,6-8H2,1-2H3,(H,17,18). The Bertz CT molecular complexity index is 659. The molecule has 0 amide bonds. The van der Waals surface area contributed by atoms with Gasteiger partial charge in [-0.1, -0.05) is 12.1 Å². The molecule has 1 aliphatic heterocycles. The molecule has 1 aliphatic rings. The number of benzene rings is 1. The molecule has 4 heteroatoms. The first kappa shape index (κ1) is 12.2. The molecule has 0 fully saturated rings. The van der Waals surface area contributed by atoms with Crippen LogP contribution in [0.5, 0.6) is 0 Å². The van der Waals surface area contributed by atoms with Crippen molar-refractivity contribution < 1.29 is 14.6 Å². The lowest BCUT2D eigenvalue weighted by Crippen LogP contribution is -2.34. The fourth-order valence-corrected chi connectivity index (χ4v) is 3.09. The van der Waals surface area contributed by atoms with Crippen molar-refractivity contribution in [2.75, 3.05) is 6.61 Å². The molecular formula is C15H17NO3. The molecule has 1 aromatic carbocycles. The monoisotopic (exact) mass is 259 g/mol. The van der Waals surface area contributed by atoms with Gasteiger partial charge in [-0.3, -0.25) is 4.79 Å². The second-order valence-corrected chi connectivity index (χ2v) is 5.38. The lowest BCUT2D eigenvalue weighted by atomic mass is 9.89. The van der Waals surface area contributed by atoms with Crippen molar-refractivity contribution in [3.8, 4) is 0 Å². The molecule has 1 atom stereocenters. The fourth-order valence-electron chi connectivity index (χ4n) is 3.09. The summed E-state index contributed by atoms with van der Waals surface area (Å²) < 4.78 is 5.76. The second kappa shape index (κ2) is 4.10. The molecule has 0 radical (unpaired) electrons. The summed E-state index contributed by atoms with van der Waals surface area (Å²) in [5.74, 6) is -0.842. The van der Waals surface area contributed by atoms with E-state index < -0.39 is 11.6 Å². The van der Waals surface area contributed by atoms with Crippen molar-refractivity contribution in [3.05, 3.63) is 35.0 Å². The van der Waals surface area contributed by atoms with Crippen LogP contribution in [0.4, 0.5) is 0 Å². The number of hydrogen-bond acceptors (Lipinski definition) is 2. The molecule has 1 unspecified atom stereocenters. The number of H-pyrrole nitrogens is 1. The summed E-state index contributed by atoms with van der Waals surface area (Å²) >= 11 is 0. The fraction of sp³-hybridized carbons (Fsp3) is 0.400. The summed E-state index contributed by atoms with van der Waals surface area (Å²) in [6, 6.07) is 6.12. The van der Waals surface area contributed by atoms with Crippen LogP contribution in [-0.4, -0.2) is 22.7 Å². The lowest BCUT2D eigenvalue weighted by molar-refractivity contribution is -0.146. The number of aromatic amines is 1. The van der Waals surface area contributed by atoms with E-state index in [1.165, 1.54) is 16.5 Å². The molecule has 2 heterocycles. The summed E-state index contributed by atoms with van der Waals surface area (Å²) in [6.07, 6.45) is 0.807. The number of carboxylic acid groups (broad SMARTS) is 1. The predicted octanol–water partition coefficient (Wildman–Crippen LogP) is 2.74. The van der Waals surface area contributed by atoms with Crippen molar-refractivity contribution in [2.45, 2.75) is 32.3 Å². The lowest BCUT2D eigenvalue weighted by Gasteiger charge is -2.32. The van der Waals surface area contributed by atoms with Gasteiger partial charge in [0.2, 0.25) is 0 Å². The minimum atomic E-state index is -0.842. The Morgan fingerprint density at radius 1 is 1.53 bits per heavy atom. The highest BCUT2D eigenvalue weighted by Gasteiger charge is 2.38. The maximum atomic E-state index is 11.1. The van der Waals surface area contributed by atoms with Gasteiger partial charge in [0.25, 0.3) is 0 Å². The van der Waals surface area contributed by atoms with E-state index in [0.29, 0.717) is 6.61 Å². The summed E-state index contributed by atoms with van der Waals surface area (Å²) in [5, 5.41) is 10.3. The first-order valence-corrected chi connectivity index (χ1v) is 6.48. The smallest absolute Gasteiger partial charge is 0.306 e. The summed E-state index contributed by atoms with van der Waals surface area (Å²) in [6.45, 7) is 4.50. The SMILES string of the molecule is Cc1cccc2[nH]c3c(c12)CCOC3(C)CC(=O)O. The number of fused-ring (bicyclic) bond motifs is 3. The van der Waals surface area contributed by atoms with Crippen LogP contribution in [0.2, 0.25) is 0 Å². The molecule has 3 rings (SSSR count). The second-order valence-electron chi connectivity index (χ2n) is 5.38. The van der Waals surface area contributed by atoms with Gasteiger partial charge in [0.1, 0.15) is 5.60 Å². The maximum absolute atomic E-state index is 11.1. The molecule has 1 aromatic heterocycles. The summed E-state index contributed by atoms with van der Waals surface area (Å²) in [4.78, 5) is 14.4. The third-order valence-electron chi connectivity index (χ3n) is 3.93. The molecule has 2 N–H and O–H groups in total. The predicted molar refractivity (Wildman–Crippen MR) is 72.3 cm³/mol. The summed E-state index contributed by atoms with van der Waals surface area (Å²) in [5.41, 5.74) is 3.65. The zero-order chi connectivity index (χ0) is 13.6. The molecule has 0 spiro atoms. The van der Waals surface area contributed by atoms with E-state index in [1.54, 1.807) is 0 Å². The van der Waals surface area contributed by atoms with Crippen LogP contribution in [0.1, 0.15) is 30.2 Å². The van der Waals surface area contributed by atoms with Crippen LogP contribution in [0.3, 0.4) is 0 Å². The minimum Gasteiger partial charge on any atom is -0.481 e. The van der Waals surface area contributed by atoms with E-state index in [4.69, 9.17) is 9.84 Å². The minimum absolute atomic E-state index is 0.0220. The van der Waals surface area contributed by atoms with Crippen molar-refractivity contribution in [1.82, 2.24) is 4.98 Å². The van der Waals surface area contributed by atoms with E-state index in [9.17, 15) is 4.79 Å². The number of carbonyl (C=O) groups is 1. The van der Waals surface area contributed by atoms with E-state index in [-0.39, 0.29) is 6.42 Å². The average Bonchev–Trinajstić information content (AvgIpc) is 2.69. The highest BCUT2D eigenvalue weighted by Crippen LogP contribution is 2.39. The zero-order valence-electron chi connectivity index (χ0n) is 11.1. The Morgan fingerprint density at radius 3 is 3.05 bits per heavy atom. The van der Waals surface area contributed by atoms with Crippen molar-refractivity contribution in [3.63, 3.8) is 0 Å². The van der Waals surface area contributed by atoms with Crippen LogP contribution in [0, 0.1) is 6.92 Å². The normalized spacial score (nSPS) is 22.4. The Kier molecular flexibility index (Phi) is 2.64. The number of nitrogens with one attached hydrogen (secondary N) is 1. The Morgan fingerprint density at radius 2 is 2.32 bits per heavy atom. The maximum Gasteiger partial charge on any atom is 0.306 e. The highest BCUT2D eigenvalue weighted by molar-refractivity contribution is 5.88. The van der Waals surface area contributed by atoms with Crippen molar-refractivity contribution in [1.29, 1.82) is 0 Å². The molecular weight excluding hydrogens is 242 g/mol. The molecule has 0 aliphatic carbocycles. The van der Waals surface area contributed by atoms with Gasteiger partial charge in [0, 0.05) is 10.9 Å². The third kappa shape index (κ3) is 1.83. The van der Waals surface area contributed by atoms with Crippen LogP contribution < -0.4 is 0 Å². The quantitative estimate of drug-likeness (QED) is 0.871. The molecule has 2 aromatic rings. The molecule has 0 saturated heterocycles. The van der Waals surface area contributed by atoms with E-state index in [2.05, 4.69) is 18.0 Å². The van der Waals surface area contributed by atoms with E-state index >= 15 is 0 Å². The Hall–Kier alpha value is -1.81. The number of aromatic nitrogens is 1. The van der Waals surface area contributed by atoms with Gasteiger partial charge in [-0.15, -0.1) is 0 Å². The van der Waals surface area contributed by atoms with Gasteiger partial charge in [-0.05, 0) is 37.5 Å². The number of ether oxygens (including phenoxy) is 1. The topological polar surface area (TPSA) is 62.3 Å². The number of hydrogen-bond donors (Lipinski definition) is 2. The number of aryl methyl sites for hydroxylation is 1. The largest absolute Gasteiger partial charge is 0.481 e. The third-order valence-corrected chi connectivity index (χ3v) is 3.93. The van der Waals surface area contributed by atoms with E-state index in [0.717, 1.165) is 17.6 Å². The van der Waals surface area contributed by atoms with Gasteiger partial charge in [0.05, 0.1) is 18.7 Å². The van der Waals surface area contributed by atoms with Gasteiger partial charge < -0.3 is 14.8 Å². The first-order valence-electron chi connectivity index (χ1n) is 6.48. The van der Waals surface area contributed by atoms with Gasteiger partial charge in [-0.25, -0.2) is 0 Å². The molecule has 0 saturated carbocycles. The molecule has 19 heavy (non-hydrogen) atoms. The summed E-state index contributed by atoms with van der Waals surface area (Å²) in [7, 11) is 0. The number of rotatable bonds is 2. The molecule has 100 valence electrons. The van der Waals surface area contributed by atoms with Gasteiger partial charge in [0.15, 0.2) is 0 Å². The first-order chi connectivity index (χ1) is 9.01. The Labute approximate surface area is 111 Å². The van der Waals surface area contributed by atoms with E-state index in [1.807, 2.05) is 19.1 Å². The van der Waals surface area contributed by atoms with Gasteiger partial charge >= 0.3 is 5.97 Å². The van der Waals surface area contributed by atoms with Crippen LogP contribution in [0.15, 0.2) is 18.2 Å². The van der Waals surface area contributed by atoms with Crippen molar-refractivity contribution >= 4 is 16.9 Å². The number of carboxylic acids is 1. The average molecular weight is 259 g/mol. The highest BCUT2D eigenvalue weighted by atomic mass is 16.5. The van der Waals surface area contributed by atoms with Crippen LogP contribution in [-0.2, 0) is 21.6 Å². The van der Waals surface area contributed by atoms with Gasteiger partial charge in [-0.2, -0.15) is 0 Å². The number of aliphatic carboxylic acids is 1. The zero-order valence-corrected chi connectivity index (χ0v) is 11.1. The Balaban J connectivity index is 2.23.